The quantitative estimate of drug-likeness (QED) is 0.776. The maximum Gasteiger partial charge on any atom is 0.147 e. The van der Waals surface area contributed by atoms with Gasteiger partial charge in [-0.2, -0.15) is 5.26 Å². The summed E-state index contributed by atoms with van der Waals surface area (Å²) in [5, 5.41) is 20.5. The van der Waals surface area contributed by atoms with Gasteiger partial charge in [-0.3, -0.25) is 0 Å². The fourth-order valence-electron chi connectivity index (χ4n) is 1.79. The van der Waals surface area contributed by atoms with Crippen LogP contribution < -0.4 is 0 Å². The van der Waals surface area contributed by atoms with E-state index in [0.717, 1.165) is 10.9 Å². The highest BCUT2D eigenvalue weighted by Crippen LogP contribution is 2.23. The molecule has 0 bridgehead atoms. The van der Waals surface area contributed by atoms with Gasteiger partial charge in [0.15, 0.2) is 0 Å². The Hall–Kier alpha value is -1.85. The third kappa shape index (κ3) is 1.91. The van der Waals surface area contributed by atoms with E-state index < -0.39 is 6.10 Å². The lowest BCUT2D eigenvalue weighted by Gasteiger charge is -2.13. The average molecular weight is 211 g/mol. The standard InChI is InChI=1S/C14H13NO/c1-10(14(16)9-15)12-7-6-11-4-2-3-5-13(11)8-12/h2-8,10,14,16H,1H3/t10-,14+/m1/s1. The topological polar surface area (TPSA) is 44.0 Å². The van der Waals surface area contributed by atoms with Crippen LogP contribution in [0.1, 0.15) is 18.4 Å². The largest absolute Gasteiger partial charge is 0.378 e. The molecule has 1 N–H and O–H groups in total. The lowest BCUT2D eigenvalue weighted by molar-refractivity contribution is 0.204. The maximum atomic E-state index is 9.49. The third-order valence-corrected chi connectivity index (χ3v) is 2.91. The molecule has 0 aromatic heterocycles. The van der Waals surface area contributed by atoms with Crippen LogP contribution in [0, 0.1) is 11.3 Å². The minimum atomic E-state index is -0.943. The Morgan fingerprint density at radius 3 is 2.50 bits per heavy atom. The summed E-state index contributed by atoms with van der Waals surface area (Å²) < 4.78 is 0. The average Bonchev–Trinajstić information content (AvgIpc) is 2.36. The third-order valence-electron chi connectivity index (χ3n) is 2.91. The zero-order valence-corrected chi connectivity index (χ0v) is 9.09. The van der Waals surface area contributed by atoms with Crippen LogP contribution in [0.2, 0.25) is 0 Å². The first-order chi connectivity index (χ1) is 7.72. The van der Waals surface area contributed by atoms with E-state index in [9.17, 15) is 5.11 Å². The lowest BCUT2D eigenvalue weighted by atomic mass is 9.94. The van der Waals surface area contributed by atoms with Crippen LogP contribution in [0.5, 0.6) is 0 Å². The maximum absolute atomic E-state index is 9.49. The summed E-state index contributed by atoms with van der Waals surface area (Å²) in [6.07, 6.45) is -0.943. The molecule has 0 unspecified atom stereocenters. The molecule has 2 aromatic carbocycles. The number of aliphatic hydroxyl groups excluding tert-OH is 1. The van der Waals surface area contributed by atoms with Gasteiger partial charge < -0.3 is 5.11 Å². The van der Waals surface area contributed by atoms with Gasteiger partial charge in [-0.15, -0.1) is 0 Å². The fraction of sp³-hybridized carbons (Fsp3) is 0.214. The Labute approximate surface area is 94.8 Å². The number of aliphatic hydroxyl groups is 1. The van der Waals surface area contributed by atoms with Crippen LogP contribution in [-0.2, 0) is 0 Å². The highest BCUT2D eigenvalue weighted by atomic mass is 16.3. The van der Waals surface area contributed by atoms with E-state index in [4.69, 9.17) is 5.26 Å². The minimum Gasteiger partial charge on any atom is -0.378 e. The smallest absolute Gasteiger partial charge is 0.147 e. The summed E-state index contributed by atoms with van der Waals surface area (Å²) in [5.74, 6) is -0.158. The molecule has 0 aliphatic rings. The summed E-state index contributed by atoms with van der Waals surface area (Å²) in [6.45, 7) is 1.86. The minimum absolute atomic E-state index is 0.158. The Morgan fingerprint density at radius 2 is 1.81 bits per heavy atom. The van der Waals surface area contributed by atoms with Crippen LogP contribution in [0.15, 0.2) is 42.5 Å². The van der Waals surface area contributed by atoms with Crippen LogP contribution in [0.25, 0.3) is 10.8 Å². The van der Waals surface area contributed by atoms with Crippen LogP contribution in [0.4, 0.5) is 0 Å². The Kier molecular flexibility index (Phi) is 2.89. The molecule has 0 saturated heterocycles. The molecular formula is C14H13NO. The monoisotopic (exact) mass is 211 g/mol. The van der Waals surface area contributed by atoms with E-state index >= 15 is 0 Å². The molecule has 0 fully saturated rings. The molecule has 0 heterocycles. The molecule has 2 atom stereocenters. The lowest BCUT2D eigenvalue weighted by Crippen LogP contribution is -2.12. The highest BCUT2D eigenvalue weighted by molar-refractivity contribution is 5.83. The van der Waals surface area contributed by atoms with Crippen LogP contribution in [-0.4, -0.2) is 11.2 Å². The predicted octanol–water partition coefficient (Wildman–Crippen LogP) is 2.83. The van der Waals surface area contributed by atoms with Gasteiger partial charge in [0.05, 0.1) is 6.07 Å². The summed E-state index contributed by atoms with van der Waals surface area (Å²) in [6, 6.07) is 15.9. The number of rotatable bonds is 2. The van der Waals surface area contributed by atoms with Gasteiger partial charge in [0.1, 0.15) is 6.10 Å². The van der Waals surface area contributed by atoms with Crippen LogP contribution in [0.3, 0.4) is 0 Å². The second-order valence-electron chi connectivity index (χ2n) is 3.97. The van der Waals surface area contributed by atoms with Gasteiger partial charge in [0.2, 0.25) is 0 Å². The Morgan fingerprint density at radius 1 is 1.12 bits per heavy atom. The molecule has 0 aliphatic heterocycles. The van der Waals surface area contributed by atoms with Gasteiger partial charge in [0.25, 0.3) is 0 Å². The molecule has 2 rings (SSSR count). The first kappa shape index (κ1) is 10.7. The number of fused-ring (bicyclic) bond motifs is 1. The molecule has 0 spiro atoms. The van der Waals surface area contributed by atoms with E-state index in [1.807, 2.05) is 55.5 Å². The van der Waals surface area contributed by atoms with Gasteiger partial charge in [-0.1, -0.05) is 49.4 Å². The molecule has 0 saturated carbocycles. The molecule has 16 heavy (non-hydrogen) atoms. The molecule has 2 nitrogen and oxygen atoms in total. The fourth-order valence-corrected chi connectivity index (χ4v) is 1.79. The predicted molar refractivity (Wildman–Crippen MR) is 64.0 cm³/mol. The first-order valence-corrected chi connectivity index (χ1v) is 5.29. The number of nitriles is 1. The van der Waals surface area contributed by atoms with Crippen LogP contribution >= 0.6 is 0 Å². The van der Waals surface area contributed by atoms with Crippen molar-refractivity contribution in [2.24, 2.45) is 0 Å². The normalized spacial score (nSPS) is 14.3. The van der Waals surface area contributed by atoms with Gasteiger partial charge >= 0.3 is 0 Å². The van der Waals surface area contributed by atoms with Crippen molar-refractivity contribution in [3.8, 4) is 6.07 Å². The zero-order chi connectivity index (χ0) is 11.5. The summed E-state index contributed by atoms with van der Waals surface area (Å²) in [5.41, 5.74) is 0.993. The second kappa shape index (κ2) is 4.34. The summed E-state index contributed by atoms with van der Waals surface area (Å²) >= 11 is 0. The van der Waals surface area contributed by atoms with E-state index in [2.05, 4.69) is 0 Å². The number of hydrogen-bond acceptors (Lipinski definition) is 2. The second-order valence-corrected chi connectivity index (χ2v) is 3.97. The van der Waals surface area contributed by atoms with Gasteiger partial charge in [-0.25, -0.2) is 0 Å². The van der Waals surface area contributed by atoms with Crippen molar-refractivity contribution in [2.45, 2.75) is 18.9 Å². The number of hydrogen-bond donors (Lipinski definition) is 1. The van der Waals surface area contributed by atoms with E-state index in [1.165, 1.54) is 5.39 Å². The molecule has 0 amide bonds. The zero-order valence-electron chi connectivity index (χ0n) is 9.09. The van der Waals surface area contributed by atoms with Gasteiger partial charge in [-0.05, 0) is 16.3 Å². The highest BCUT2D eigenvalue weighted by Gasteiger charge is 2.15. The van der Waals surface area contributed by atoms with Crippen molar-refractivity contribution in [3.05, 3.63) is 48.0 Å². The first-order valence-electron chi connectivity index (χ1n) is 5.29. The summed E-state index contributed by atoms with van der Waals surface area (Å²) in [4.78, 5) is 0. The SMILES string of the molecule is C[C@H](c1ccc2ccccc2c1)[C@@H](O)C#N. The van der Waals surface area contributed by atoms with Crippen molar-refractivity contribution in [2.75, 3.05) is 0 Å². The van der Waals surface area contributed by atoms with E-state index in [-0.39, 0.29) is 5.92 Å². The van der Waals surface area contributed by atoms with Crippen molar-refractivity contribution >= 4 is 10.8 Å². The van der Waals surface area contributed by atoms with Crippen molar-refractivity contribution in [1.29, 1.82) is 5.26 Å². The van der Waals surface area contributed by atoms with E-state index in [0.29, 0.717) is 0 Å². The van der Waals surface area contributed by atoms with Gasteiger partial charge in [0, 0.05) is 5.92 Å². The summed E-state index contributed by atoms with van der Waals surface area (Å²) in [7, 11) is 0. The molecule has 2 aromatic rings. The molecule has 80 valence electrons. The molecule has 0 radical (unpaired) electrons. The molecule has 2 heteroatoms. The Balaban J connectivity index is 2.44. The number of benzene rings is 2. The number of nitrogens with zero attached hydrogens (tertiary/aromatic N) is 1. The molecule has 0 aliphatic carbocycles. The van der Waals surface area contributed by atoms with Crippen molar-refractivity contribution < 1.29 is 5.11 Å². The molecular weight excluding hydrogens is 198 g/mol. The van der Waals surface area contributed by atoms with Crippen molar-refractivity contribution in [1.82, 2.24) is 0 Å². The van der Waals surface area contributed by atoms with Crippen molar-refractivity contribution in [3.63, 3.8) is 0 Å². The Bertz CT molecular complexity index is 542. The van der Waals surface area contributed by atoms with E-state index in [1.54, 1.807) is 0 Å².